The second-order valence-corrected chi connectivity index (χ2v) is 5.36. The Kier molecular flexibility index (Phi) is 7.87. The highest BCUT2D eigenvalue weighted by atomic mass is 16.6. The summed E-state index contributed by atoms with van der Waals surface area (Å²) < 4.78 is 5.10. The molecule has 0 spiro atoms. The maximum Gasteiger partial charge on any atom is 0.407 e. The topological polar surface area (TPSA) is 67.4 Å². The van der Waals surface area contributed by atoms with Crippen LogP contribution in [0.4, 0.5) is 4.79 Å². The zero-order valence-electron chi connectivity index (χ0n) is 12.6. The van der Waals surface area contributed by atoms with E-state index in [1.165, 1.54) is 0 Å². The minimum Gasteiger partial charge on any atom is -0.444 e. The molecule has 0 rings (SSSR count). The molecule has 0 unspecified atom stereocenters. The fourth-order valence-electron chi connectivity index (χ4n) is 1.23. The molecule has 0 aromatic rings. The molecule has 0 atom stereocenters. The number of ether oxygens (including phenoxy) is 1. The number of allylic oxidation sites excluding steroid dienone is 1. The zero-order chi connectivity index (χ0) is 14.9. The van der Waals surface area contributed by atoms with Gasteiger partial charge >= 0.3 is 6.09 Å². The maximum atomic E-state index is 11.4. The van der Waals surface area contributed by atoms with E-state index in [0.717, 1.165) is 12.8 Å². The first kappa shape index (κ1) is 17.5. The first-order chi connectivity index (χ1) is 8.76. The molecule has 2 amide bonds. The first-order valence-corrected chi connectivity index (χ1v) is 6.64. The van der Waals surface area contributed by atoms with Crippen LogP contribution in [-0.4, -0.2) is 30.7 Å². The summed E-state index contributed by atoms with van der Waals surface area (Å²) in [7, 11) is 0. The predicted molar refractivity (Wildman–Crippen MR) is 75.9 cm³/mol. The minimum absolute atomic E-state index is 0.0393. The van der Waals surface area contributed by atoms with Crippen LogP contribution in [0.5, 0.6) is 0 Å². The highest BCUT2D eigenvalue weighted by Gasteiger charge is 2.15. The van der Waals surface area contributed by atoms with Crippen molar-refractivity contribution < 1.29 is 14.3 Å². The Balaban J connectivity index is 3.56. The largest absolute Gasteiger partial charge is 0.444 e. The first-order valence-electron chi connectivity index (χ1n) is 6.64. The van der Waals surface area contributed by atoms with E-state index in [-0.39, 0.29) is 5.91 Å². The van der Waals surface area contributed by atoms with Crippen molar-refractivity contribution in [2.24, 2.45) is 0 Å². The van der Waals surface area contributed by atoms with Crippen LogP contribution < -0.4 is 10.6 Å². The van der Waals surface area contributed by atoms with E-state index < -0.39 is 11.7 Å². The van der Waals surface area contributed by atoms with Gasteiger partial charge in [0.2, 0.25) is 5.91 Å². The van der Waals surface area contributed by atoms with E-state index in [4.69, 9.17) is 4.74 Å². The molecule has 0 bridgehead atoms. The van der Waals surface area contributed by atoms with Crippen molar-refractivity contribution >= 4 is 12.0 Å². The van der Waals surface area contributed by atoms with Crippen LogP contribution in [-0.2, 0) is 9.53 Å². The number of carbonyl (C=O) groups is 2. The van der Waals surface area contributed by atoms with Gasteiger partial charge in [-0.15, -0.1) is 0 Å². The van der Waals surface area contributed by atoms with Crippen LogP contribution in [0.3, 0.4) is 0 Å². The molecule has 19 heavy (non-hydrogen) atoms. The predicted octanol–water partition coefficient (Wildman–Crippen LogP) is 2.37. The molecule has 2 N–H and O–H groups in total. The summed E-state index contributed by atoms with van der Waals surface area (Å²) in [6, 6.07) is 0. The third-order valence-corrected chi connectivity index (χ3v) is 2.35. The van der Waals surface area contributed by atoms with Crippen molar-refractivity contribution in [2.75, 3.05) is 13.1 Å². The summed E-state index contributed by atoms with van der Waals surface area (Å²) in [6.45, 7) is 10.2. The van der Waals surface area contributed by atoms with Gasteiger partial charge in [-0.1, -0.05) is 6.08 Å². The number of alkyl carbamates (subject to hydrolysis) is 1. The van der Waals surface area contributed by atoms with Crippen molar-refractivity contribution in [3.63, 3.8) is 0 Å². The molecule has 0 heterocycles. The molecule has 0 saturated heterocycles. The highest BCUT2D eigenvalue weighted by Crippen LogP contribution is 2.06. The van der Waals surface area contributed by atoms with Gasteiger partial charge in [-0.05, 0) is 47.5 Å². The maximum absolute atomic E-state index is 11.4. The highest BCUT2D eigenvalue weighted by molar-refractivity contribution is 5.92. The summed E-state index contributed by atoms with van der Waals surface area (Å²) in [6.07, 6.45) is 2.99. The summed E-state index contributed by atoms with van der Waals surface area (Å²) in [4.78, 5) is 22.7. The Morgan fingerprint density at radius 3 is 2.11 bits per heavy atom. The van der Waals surface area contributed by atoms with Crippen LogP contribution in [0.1, 0.15) is 47.5 Å². The molecule has 0 fully saturated rings. The van der Waals surface area contributed by atoms with Gasteiger partial charge in [-0.2, -0.15) is 0 Å². The Bertz CT molecular complexity index is 330. The van der Waals surface area contributed by atoms with E-state index in [2.05, 4.69) is 10.6 Å². The minimum atomic E-state index is -0.470. The van der Waals surface area contributed by atoms with E-state index >= 15 is 0 Å². The summed E-state index contributed by atoms with van der Waals surface area (Å²) in [5.41, 5.74) is 0.245. The van der Waals surface area contributed by atoms with Gasteiger partial charge in [0.15, 0.2) is 0 Å². The third-order valence-electron chi connectivity index (χ3n) is 2.35. The molecule has 0 radical (unpaired) electrons. The van der Waals surface area contributed by atoms with Crippen molar-refractivity contribution in [3.05, 3.63) is 11.6 Å². The second kappa shape index (κ2) is 8.56. The summed E-state index contributed by atoms with van der Waals surface area (Å²) >= 11 is 0. The van der Waals surface area contributed by atoms with Crippen LogP contribution in [0.15, 0.2) is 11.6 Å². The fraction of sp³-hybridized carbons (Fsp3) is 0.714. The molecule has 0 aliphatic rings. The van der Waals surface area contributed by atoms with E-state index in [1.54, 1.807) is 13.0 Å². The molecule has 0 aliphatic heterocycles. The Morgan fingerprint density at radius 2 is 1.63 bits per heavy atom. The standard InChI is InChI=1S/C14H26N2O3/c1-6-11(2)12(17)15-9-7-8-10-16-13(18)19-14(3,4)5/h6H,7-10H2,1-5H3,(H,15,17)(H,16,18). The van der Waals surface area contributed by atoms with Crippen LogP contribution >= 0.6 is 0 Å². The quantitative estimate of drug-likeness (QED) is 0.575. The van der Waals surface area contributed by atoms with Gasteiger partial charge in [0.1, 0.15) is 5.60 Å². The Hall–Kier alpha value is -1.52. The Labute approximate surface area is 115 Å². The van der Waals surface area contributed by atoms with Gasteiger partial charge in [0.05, 0.1) is 0 Å². The van der Waals surface area contributed by atoms with Crippen LogP contribution in [0.25, 0.3) is 0 Å². The lowest BCUT2D eigenvalue weighted by Gasteiger charge is -2.19. The number of unbranched alkanes of at least 4 members (excludes halogenated alkanes) is 1. The number of hydrogen-bond acceptors (Lipinski definition) is 3. The number of rotatable bonds is 6. The normalized spacial score (nSPS) is 11.9. The number of carbonyl (C=O) groups excluding carboxylic acids is 2. The van der Waals surface area contributed by atoms with Gasteiger partial charge in [-0.3, -0.25) is 4.79 Å². The van der Waals surface area contributed by atoms with Crippen molar-refractivity contribution in [3.8, 4) is 0 Å². The van der Waals surface area contributed by atoms with E-state index in [1.807, 2.05) is 27.7 Å². The molecule has 5 nitrogen and oxygen atoms in total. The van der Waals surface area contributed by atoms with E-state index in [0.29, 0.717) is 18.7 Å². The third kappa shape index (κ3) is 10.1. The lowest BCUT2D eigenvalue weighted by molar-refractivity contribution is -0.117. The average Bonchev–Trinajstić information content (AvgIpc) is 2.29. The SMILES string of the molecule is CC=C(C)C(=O)NCCCCNC(=O)OC(C)(C)C. The van der Waals surface area contributed by atoms with Crippen LogP contribution in [0.2, 0.25) is 0 Å². The molecule has 0 aromatic carbocycles. The summed E-state index contributed by atoms with van der Waals surface area (Å²) in [5, 5.41) is 5.48. The lowest BCUT2D eigenvalue weighted by Crippen LogP contribution is -2.33. The summed E-state index contributed by atoms with van der Waals surface area (Å²) in [5.74, 6) is -0.0393. The zero-order valence-corrected chi connectivity index (χ0v) is 12.6. The smallest absolute Gasteiger partial charge is 0.407 e. The van der Waals surface area contributed by atoms with Crippen LogP contribution in [0, 0.1) is 0 Å². The lowest BCUT2D eigenvalue weighted by atomic mass is 10.2. The van der Waals surface area contributed by atoms with Gasteiger partial charge < -0.3 is 15.4 Å². The number of nitrogens with one attached hydrogen (secondary N) is 2. The molecular weight excluding hydrogens is 244 g/mol. The monoisotopic (exact) mass is 270 g/mol. The van der Waals surface area contributed by atoms with Crippen molar-refractivity contribution in [1.82, 2.24) is 10.6 Å². The number of amides is 2. The van der Waals surface area contributed by atoms with E-state index in [9.17, 15) is 9.59 Å². The van der Waals surface area contributed by atoms with Gasteiger partial charge in [0, 0.05) is 18.7 Å². The molecule has 0 aromatic heterocycles. The van der Waals surface area contributed by atoms with Crippen molar-refractivity contribution in [2.45, 2.75) is 53.1 Å². The Morgan fingerprint density at radius 1 is 1.11 bits per heavy atom. The second-order valence-electron chi connectivity index (χ2n) is 5.36. The van der Waals surface area contributed by atoms with Gasteiger partial charge in [0.25, 0.3) is 0 Å². The molecular formula is C14H26N2O3. The fourth-order valence-corrected chi connectivity index (χ4v) is 1.23. The van der Waals surface area contributed by atoms with Crippen molar-refractivity contribution in [1.29, 1.82) is 0 Å². The molecule has 5 heteroatoms. The average molecular weight is 270 g/mol. The molecule has 110 valence electrons. The molecule has 0 aliphatic carbocycles. The molecule has 0 saturated carbocycles. The van der Waals surface area contributed by atoms with Gasteiger partial charge in [-0.25, -0.2) is 4.79 Å². The number of hydrogen-bond donors (Lipinski definition) is 2.